The number of hydrogen-bond donors (Lipinski definition) is 4. The summed E-state index contributed by atoms with van der Waals surface area (Å²) < 4.78 is 0. The average Bonchev–Trinajstić information content (AvgIpc) is 2.89. The Hall–Kier alpha value is -2.34. The Labute approximate surface area is 133 Å². The molecule has 3 rings (SSSR count). The lowest BCUT2D eigenvalue weighted by atomic mass is 10.1. The molecular weight excluding hydrogens is 298 g/mol. The summed E-state index contributed by atoms with van der Waals surface area (Å²) >= 11 is 4.69. The van der Waals surface area contributed by atoms with Crippen molar-refractivity contribution in [2.45, 2.75) is 5.25 Å². The van der Waals surface area contributed by atoms with Gasteiger partial charge >= 0.3 is 0 Å². The summed E-state index contributed by atoms with van der Waals surface area (Å²) in [5.74, 6) is 0.305. The molecule has 0 aliphatic carbocycles. The summed E-state index contributed by atoms with van der Waals surface area (Å²) in [6, 6.07) is 10.9. The molecule has 0 spiro atoms. The number of phenolic OH excluding ortho intramolecular Hbond substituents is 2. The molecular formula is C16H17N3O2S. The van der Waals surface area contributed by atoms with E-state index in [4.69, 9.17) is 12.6 Å². The van der Waals surface area contributed by atoms with Gasteiger partial charge in [-0.15, -0.1) is 0 Å². The number of anilines is 1. The van der Waals surface area contributed by atoms with E-state index in [1.165, 1.54) is 12.1 Å². The molecule has 0 saturated heterocycles. The largest absolute Gasteiger partial charge is 0.504 e. The van der Waals surface area contributed by atoms with Crippen LogP contribution in [0.25, 0.3) is 11.0 Å². The van der Waals surface area contributed by atoms with Gasteiger partial charge in [-0.05, 0) is 11.6 Å². The summed E-state index contributed by atoms with van der Waals surface area (Å²) in [6.45, 7) is 0. The van der Waals surface area contributed by atoms with Crippen LogP contribution in [0.5, 0.6) is 11.5 Å². The third-order valence-electron chi connectivity index (χ3n) is 3.57. The van der Waals surface area contributed by atoms with Crippen molar-refractivity contribution in [2.75, 3.05) is 19.0 Å². The van der Waals surface area contributed by atoms with Crippen LogP contribution in [0.4, 0.5) is 5.69 Å². The smallest absolute Gasteiger partial charge is 0.159 e. The van der Waals surface area contributed by atoms with Crippen molar-refractivity contribution in [1.29, 1.82) is 0 Å². The first-order valence-corrected chi connectivity index (χ1v) is 7.35. The number of thiol groups is 1. The van der Waals surface area contributed by atoms with Crippen LogP contribution in [0.2, 0.25) is 0 Å². The summed E-state index contributed by atoms with van der Waals surface area (Å²) in [5, 5.41) is 18.9. The summed E-state index contributed by atoms with van der Waals surface area (Å²) in [6.07, 6.45) is 0. The second-order valence-electron chi connectivity index (χ2n) is 5.34. The van der Waals surface area contributed by atoms with Crippen molar-refractivity contribution < 1.29 is 10.2 Å². The van der Waals surface area contributed by atoms with Crippen LogP contribution in [0, 0.1) is 0 Å². The fourth-order valence-electron chi connectivity index (χ4n) is 2.46. The number of imidazole rings is 1. The van der Waals surface area contributed by atoms with Crippen molar-refractivity contribution in [1.82, 2.24) is 9.97 Å². The van der Waals surface area contributed by atoms with E-state index in [2.05, 4.69) is 9.97 Å². The number of H-pyrrole nitrogens is 1. The molecule has 22 heavy (non-hydrogen) atoms. The Kier molecular flexibility index (Phi) is 3.62. The predicted molar refractivity (Wildman–Crippen MR) is 91.0 cm³/mol. The molecule has 5 nitrogen and oxygen atoms in total. The van der Waals surface area contributed by atoms with E-state index < -0.39 is 0 Å². The number of rotatable bonds is 3. The van der Waals surface area contributed by atoms with E-state index in [9.17, 15) is 10.2 Å². The highest BCUT2D eigenvalue weighted by Crippen LogP contribution is 2.35. The molecule has 1 heterocycles. The highest BCUT2D eigenvalue weighted by atomic mass is 32.1. The molecule has 0 aliphatic rings. The predicted octanol–water partition coefficient (Wildman–Crippen LogP) is 3.06. The van der Waals surface area contributed by atoms with Crippen molar-refractivity contribution in [3.8, 4) is 11.5 Å². The first-order valence-electron chi connectivity index (χ1n) is 6.83. The number of nitrogens with zero attached hydrogens (tertiary/aromatic N) is 2. The van der Waals surface area contributed by atoms with E-state index in [1.807, 2.05) is 43.3 Å². The van der Waals surface area contributed by atoms with Crippen LogP contribution in [0.1, 0.15) is 16.6 Å². The molecule has 3 aromatic rings. The minimum atomic E-state index is -0.240. The Morgan fingerprint density at radius 1 is 1.14 bits per heavy atom. The maximum atomic E-state index is 9.58. The Morgan fingerprint density at radius 3 is 2.55 bits per heavy atom. The van der Waals surface area contributed by atoms with Crippen LogP contribution in [-0.4, -0.2) is 34.3 Å². The summed E-state index contributed by atoms with van der Waals surface area (Å²) in [4.78, 5) is 9.65. The minimum Gasteiger partial charge on any atom is -0.504 e. The van der Waals surface area contributed by atoms with Gasteiger partial charge in [0, 0.05) is 31.9 Å². The van der Waals surface area contributed by atoms with Crippen molar-refractivity contribution in [3.63, 3.8) is 0 Å². The van der Waals surface area contributed by atoms with Crippen LogP contribution in [-0.2, 0) is 0 Å². The Balaban J connectivity index is 2.07. The van der Waals surface area contributed by atoms with Gasteiger partial charge in [-0.2, -0.15) is 12.6 Å². The second kappa shape index (κ2) is 5.46. The molecule has 3 N–H and O–H groups in total. The van der Waals surface area contributed by atoms with Crippen molar-refractivity contribution in [2.24, 2.45) is 0 Å². The molecule has 1 unspecified atom stereocenters. The Bertz CT molecular complexity index is 790. The van der Waals surface area contributed by atoms with Gasteiger partial charge in [-0.1, -0.05) is 18.2 Å². The molecule has 0 fully saturated rings. The van der Waals surface area contributed by atoms with Gasteiger partial charge < -0.3 is 20.1 Å². The molecule has 1 aromatic heterocycles. The number of benzene rings is 2. The van der Waals surface area contributed by atoms with Gasteiger partial charge in [-0.3, -0.25) is 0 Å². The number of hydrogen-bond acceptors (Lipinski definition) is 5. The highest BCUT2D eigenvalue weighted by Gasteiger charge is 2.18. The minimum absolute atomic E-state index is 0.174. The molecule has 6 heteroatoms. The molecule has 0 amide bonds. The van der Waals surface area contributed by atoms with Crippen LogP contribution in [0.15, 0.2) is 36.4 Å². The molecule has 114 valence electrons. The van der Waals surface area contributed by atoms with E-state index in [1.54, 1.807) is 0 Å². The first-order chi connectivity index (χ1) is 10.5. The monoisotopic (exact) mass is 315 g/mol. The standard InChI is InChI=1S/C16H17N3O2S/c1-19(2)12-6-4-3-5-9(12)15(22)16-17-10-7-13(20)14(21)8-11(10)18-16/h3-8,15,20-22H,1-2H3,(H,17,18). The highest BCUT2D eigenvalue weighted by molar-refractivity contribution is 7.80. The lowest BCUT2D eigenvalue weighted by Crippen LogP contribution is -2.12. The van der Waals surface area contributed by atoms with Crippen LogP contribution < -0.4 is 4.90 Å². The van der Waals surface area contributed by atoms with Crippen molar-refractivity contribution >= 4 is 29.3 Å². The zero-order valence-electron chi connectivity index (χ0n) is 12.3. The molecule has 0 bridgehead atoms. The lowest BCUT2D eigenvalue weighted by Gasteiger charge is -2.20. The SMILES string of the molecule is CN(C)c1ccccc1C(S)c1nc2cc(O)c(O)cc2[nH]1. The molecule has 0 aliphatic heterocycles. The third-order valence-corrected chi connectivity index (χ3v) is 4.09. The first kappa shape index (κ1) is 14.6. The molecule has 2 aromatic carbocycles. The fourth-order valence-corrected chi connectivity index (χ4v) is 2.80. The number of fused-ring (bicyclic) bond motifs is 1. The number of phenols is 2. The second-order valence-corrected chi connectivity index (χ2v) is 5.85. The topological polar surface area (TPSA) is 72.4 Å². The fraction of sp³-hybridized carbons (Fsp3) is 0.188. The third kappa shape index (κ3) is 2.46. The summed E-state index contributed by atoms with van der Waals surface area (Å²) in [7, 11) is 3.96. The van der Waals surface area contributed by atoms with Crippen molar-refractivity contribution in [3.05, 3.63) is 47.8 Å². The van der Waals surface area contributed by atoms with E-state index in [0.29, 0.717) is 16.9 Å². The van der Waals surface area contributed by atoms with Gasteiger partial charge in [0.05, 0.1) is 16.3 Å². The number of aromatic hydroxyl groups is 2. The maximum Gasteiger partial charge on any atom is 0.159 e. The van der Waals surface area contributed by atoms with Crippen LogP contribution in [0.3, 0.4) is 0 Å². The lowest BCUT2D eigenvalue weighted by molar-refractivity contribution is 0.405. The quantitative estimate of drug-likeness (QED) is 0.443. The average molecular weight is 315 g/mol. The number of aromatic nitrogens is 2. The normalized spacial score (nSPS) is 12.5. The van der Waals surface area contributed by atoms with Gasteiger partial charge in [0.1, 0.15) is 5.82 Å². The Morgan fingerprint density at radius 2 is 1.82 bits per heavy atom. The zero-order chi connectivity index (χ0) is 15.9. The summed E-state index contributed by atoms with van der Waals surface area (Å²) in [5.41, 5.74) is 3.34. The van der Waals surface area contributed by atoms with E-state index in [0.717, 1.165) is 11.3 Å². The van der Waals surface area contributed by atoms with Gasteiger partial charge in [-0.25, -0.2) is 4.98 Å². The van der Waals surface area contributed by atoms with Gasteiger partial charge in [0.25, 0.3) is 0 Å². The van der Waals surface area contributed by atoms with E-state index >= 15 is 0 Å². The molecule has 1 atom stereocenters. The maximum absolute atomic E-state index is 9.58. The number of nitrogens with one attached hydrogen (secondary N) is 1. The van der Waals surface area contributed by atoms with Gasteiger partial charge in [0.15, 0.2) is 11.5 Å². The van der Waals surface area contributed by atoms with Crippen LogP contribution >= 0.6 is 12.6 Å². The molecule has 0 radical (unpaired) electrons. The zero-order valence-corrected chi connectivity index (χ0v) is 13.2. The van der Waals surface area contributed by atoms with Gasteiger partial charge in [0.2, 0.25) is 0 Å². The van der Waals surface area contributed by atoms with E-state index in [-0.39, 0.29) is 16.7 Å². The molecule has 0 saturated carbocycles. The number of para-hydroxylation sites is 1. The number of aromatic amines is 1.